The van der Waals surface area contributed by atoms with E-state index in [0.29, 0.717) is 10.7 Å². The highest BCUT2D eigenvalue weighted by Gasteiger charge is 2.14. The topological polar surface area (TPSA) is 20.3 Å². The van der Waals surface area contributed by atoms with Crippen molar-refractivity contribution in [1.82, 2.24) is 0 Å². The van der Waals surface area contributed by atoms with E-state index in [1.807, 2.05) is 0 Å². The van der Waals surface area contributed by atoms with Gasteiger partial charge in [-0.3, -0.25) is 4.79 Å². The lowest BCUT2D eigenvalue weighted by atomic mass is 10.3. The molecule has 0 N–H and O–H groups in total. The maximum absolute atomic E-state index is 11.1. The molecule has 1 amide bonds. The molecule has 13 heavy (non-hydrogen) atoms. The summed E-state index contributed by atoms with van der Waals surface area (Å²) in [6.45, 7) is 0. The van der Waals surface area contributed by atoms with Crippen LogP contribution >= 0.6 is 35.0 Å². The minimum atomic E-state index is -0.406. The summed E-state index contributed by atoms with van der Waals surface area (Å²) in [4.78, 5) is 11.1. The molecule has 1 rings (SSSR count). The number of amides is 1. The zero-order valence-electron chi connectivity index (χ0n) is 6.51. The molecule has 1 aromatic carbocycles. The van der Waals surface area contributed by atoms with Crippen molar-refractivity contribution in [1.29, 1.82) is 0 Å². The minimum absolute atomic E-state index is 0.172. The van der Waals surface area contributed by atoms with Crippen LogP contribution in [0.4, 0.5) is 5.69 Å². The van der Waals surface area contributed by atoms with Crippen molar-refractivity contribution in [2.75, 3.05) is 10.3 Å². The van der Waals surface area contributed by atoms with Crippen LogP contribution < -0.4 is 4.42 Å². The first kappa shape index (κ1) is 10.6. The summed E-state index contributed by atoms with van der Waals surface area (Å²) in [5.74, 6) is -0.578. The Morgan fingerprint density at radius 3 is 2.54 bits per heavy atom. The predicted molar refractivity (Wildman–Crippen MR) is 55.5 cm³/mol. The van der Waals surface area contributed by atoms with Crippen LogP contribution in [0.15, 0.2) is 24.3 Å². The van der Waals surface area contributed by atoms with Gasteiger partial charge in [-0.15, -0.1) is 11.6 Å². The van der Waals surface area contributed by atoms with Crippen LogP contribution in [0.5, 0.6) is 0 Å². The third-order valence-corrected chi connectivity index (χ3v) is 2.32. The molecule has 0 aliphatic carbocycles. The van der Waals surface area contributed by atoms with Crippen LogP contribution in [-0.4, -0.2) is 11.8 Å². The van der Waals surface area contributed by atoms with E-state index in [-0.39, 0.29) is 5.88 Å². The molecule has 70 valence electrons. The van der Waals surface area contributed by atoms with Crippen molar-refractivity contribution in [2.24, 2.45) is 0 Å². The number of rotatable bonds is 2. The highest BCUT2D eigenvalue weighted by Crippen LogP contribution is 2.26. The smallest absolute Gasteiger partial charge is 0.256 e. The largest absolute Gasteiger partial charge is 0.272 e. The van der Waals surface area contributed by atoms with E-state index < -0.39 is 5.91 Å². The molecule has 1 aromatic rings. The normalized spacial score (nSPS) is 9.77. The molecule has 0 fully saturated rings. The van der Waals surface area contributed by atoms with Gasteiger partial charge >= 0.3 is 0 Å². The molecule has 0 bridgehead atoms. The molecule has 0 unspecified atom stereocenters. The van der Waals surface area contributed by atoms with Gasteiger partial charge in [-0.25, -0.2) is 4.42 Å². The Bertz CT molecular complexity index is 316. The minimum Gasteiger partial charge on any atom is -0.272 e. The number of halogens is 3. The lowest BCUT2D eigenvalue weighted by Crippen LogP contribution is -2.21. The molecule has 0 heterocycles. The number of benzene rings is 1. The zero-order valence-corrected chi connectivity index (χ0v) is 8.77. The molecule has 0 spiro atoms. The van der Waals surface area contributed by atoms with Gasteiger partial charge in [-0.2, -0.15) is 0 Å². The number of hydrogen-bond acceptors (Lipinski definition) is 1. The second-order valence-electron chi connectivity index (χ2n) is 2.26. The van der Waals surface area contributed by atoms with Crippen LogP contribution in [0, 0.1) is 0 Å². The fourth-order valence-corrected chi connectivity index (χ4v) is 1.45. The lowest BCUT2D eigenvalue weighted by molar-refractivity contribution is -0.115. The van der Waals surface area contributed by atoms with Crippen molar-refractivity contribution >= 4 is 46.6 Å². The fraction of sp³-hybridized carbons (Fsp3) is 0.125. The highest BCUT2D eigenvalue weighted by atomic mass is 35.5. The second-order valence-corrected chi connectivity index (χ2v) is 3.27. The fourth-order valence-electron chi connectivity index (χ4n) is 0.798. The van der Waals surface area contributed by atoms with Crippen molar-refractivity contribution in [3.8, 4) is 0 Å². The molecule has 0 atom stereocenters. The second kappa shape index (κ2) is 4.70. The van der Waals surface area contributed by atoms with Crippen molar-refractivity contribution in [3.63, 3.8) is 0 Å². The van der Waals surface area contributed by atoms with Gasteiger partial charge in [0, 0.05) is 11.8 Å². The Kier molecular flexibility index (Phi) is 3.85. The molecule has 0 aromatic heterocycles. The number of carbonyl (C=O) groups is 1. The average Bonchev–Trinajstić information content (AvgIpc) is 2.16. The monoisotopic (exact) mass is 237 g/mol. The maximum atomic E-state index is 11.1. The van der Waals surface area contributed by atoms with Crippen LogP contribution in [-0.2, 0) is 4.79 Å². The summed E-state index contributed by atoms with van der Waals surface area (Å²) in [6.07, 6.45) is 0. The van der Waals surface area contributed by atoms with Gasteiger partial charge in [0.25, 0.3) is 5.91 Å². The number of para-hydroxylation sites is 1. The molecule has 0 aliphatic heterocycles. The van der Waals surface area contributed by atoms with Gasteiger partial charge in [0.15, 0.2) is 0 Å². The number of alkyl halides is 1. The lowest BCUT2D eigenvalue weighted by Gasteiger charge is -2.13. The molecule has 0 saturated carbocycles. The van der Waals surface area contributed by atoms with Crippen molar-refractivity contribution in [3.05, 3.63) is 29.3 Å². The van der Waals surface area contributed by atoms with Gasteiger partial charge < -0.3 is 0 Å². The maximum Gasteiger partial charge on any atom is 0.256 e. The highest BCUT2D eigenvalue weighted by molar-refractivity contribution is 6.44. The van der Waals surface area contributed by atoms with Crippen molar-refractivity contribution in [2.45, 2.75) is 0 Å². The predicted octanol–water partition coefficient (Wildman–Crippen LogP) is 3.07. The third kappa shape index (κ3) is 2.50. The van der Waals surface area contributed by atoms with E-state index in [9.17, 15) is 4.79 Å². The number of nitrogens with zero attached hydrogens (tertiary/aromatic N) is 1. The van der Waals surface area contributed by atoms with Crippen molar-refractivity contribution < 1.29 is 4.79 Å². The Hall–Kier alpha value is -0.440. The van der Waals surface area contributed by atoms with Gasteiger partial charge in [-0.1, -0.05) is 23.7 Å². The molecule has 0 aliphatic rings. The number of carbonyl (C=O) groups excluding carboxylic acids is 1. The molecular formula is C8H6Cl3NO. The van der Waals surface area contributed by atoms with Gasteiger partial charge in [0.1, 0.15) is 5.88 Å². The molecule has 0 radical (unpaired) electrons. The molecule has 0 saturated heterocycles. The van der Waals surface area contributed by atoms with Crippen LogP contribution in [0.25, 0.3) is 0 Å². The van der Waals surface area contributed by atoms with E-state index in [4.69, 9.17) is 35.0 Å². The van der Waals surface area contributed by atoms with Gasteiger partial charge in [-0.05, 0) is 12.1 Å². The Morgan fingerprint density at radius 1 is 1.38 bits per heavy atom. The van der Waals surface area contributed by atoms with Crippen LogP contribution in [0.3, 0.4) is 0 Å². The zero-order chi connectivity index (χ0) is 9.84. The summed E-state index contributed by atoms with van der Waals surface area (Å²) in [7, 11) is 0. The summed E-state index contributed by atoms with van der Waals surface area (Å²) in [5, 5.41) is 0.413. The number of hydrogen-bond donors (Lipinski definition) is 0. The molecular weight excluding hydrogens is 232 g/mol. The SMILES string of the molecule is O=C(CCl)N(Cl)c1ccccc1Cl. The summed E-state index contributed by atoms with van der Waals surface area (Å²) >= 11 is 16.8. The first-order chi connectivity index (χ1) is 6.16. The van der Waals surface area contributed by atoms with Gasteiger partial charge in [0.2, 0.25) is 0 Å². The summed E-state index contributed by atoms with van der Waals surface area (Å²) in [5.41, 5.74) is 0.441. The van der Waals surface area contributed by atoms with Gasteiger partial charge in [0.05, 0.1) is 10.7 Å². The average molecular weight is 239 g/mol. The van der Waals surface area contributed by atoms with E-state index in [1.54, 1.807) is 24.3 Å². The Labute approximate surface area is 91.1 Å². The summed E-state index contributed by atoms with van der Waals surface area (Å²) < 4.78 is 0.912. The van der Waals surface area contributed by atoms with E-state index in [0.717, 1.165) is 4.42 Å². The van der Waals surface area contributed by atoms with E-state index >= 15 is 0 Å². The van der Waals surface area contributed by atoms with E-state index in [2.05, 4.69) is 0 Å². The molecule has 5 heteroatoms. The standard InChI is InChI=1S/C8H6Cl3NO/c9-5-8(13)12(11)7-4-2-1-3-6(7)10/h1-4H,5H2. The number of anilines is 1. The Balaban J connectivity index is 2.95. The first-order valence-electron chi connectivity index (χ1n) is 3.46. The first-order valence-corrected chi connectivity index (χ1v) is 4.71. The van der Waals surface area contributed by atoms with Crippen LogP contribution in [0.2, 0.25) is 5.02 Å². The molecule has 2 nitrogen and oxygen atoms in total. The van der Waals surface area contributed by atoms with E-state index in [1.165, 1.54) is 0 Å². The quantitative estimate of drug-likeness (QED) is 0.573. The van der Waals surface area contributed by atoms with Crippen LogP contribution in [0.1, 0.15) is 0 Å². The summed E-state index contributed by atoms with van der Waals surface area (Å²) in [6, 6.07) is 6.77. The third-order valence-electron chi connectivity index (χ3n) is 1.40. The Morgan fingerprint density at radius 2 is 2.00 bits per heavy atom.